The van der Waals surface area contributed by atoms with Gasteiger partial charge in [-0.25, -0.2) is 0 Å². The van der Waals surface area contributed by atoms with Crippen molar-refractivity contribution >= 4 is 24.6 Å². The number of benzene rings is 2. The summed E-state index contributed by atoms with van der Waals surface area (Å²) in [5.41, 5.74) is -1.95. The summed E-state index contributed by atoms with van der Waals surface area (Å²) in [5.74, 6) is -3.84. The molecule has 3 N–H and O–H groups in total. The lowest BCUT2D eigenvalue weighted by atomic mass is 9.49. The van der Waals surface area contributed by atoms with Crippen LogP contribution in [0.1, 0.15) is 202 Å². The third-order valence-electron chi connectivity index (χ3n) is 11.0. The molecule has 0 spiro atoms. The Morgan fingerprint density at radius 1 is 0.611 bits per heavy atom. The van der Waals surface area contributed by atoms with Gasteiger partial charge in [-0.05, 0) is 87.9 Å². The molecule has 54 heavy (non-hydrogen) atoms. The molecule has 306 valence electrons. The second kappa shape index (κ2) is 18.5. The predicted octanol–water partition coefficient (Wildman–Crippen LogP) is 13.2. The maximum atomic E-state index is 15.6. The SMILES string of the molecule is CCCCCCCCCCCCC(C)(S)OC(=O)C(C(=O)O)(C(c1ccc(O)cc1C(C)(C)C)C(C)(C)C)C(c1ccc(O)cc1C(C)(C)C)C(C)(C)C. The predicted molar refractivity (Wildman–Crippen MR) is 228 cm³/mol. The number of hydrogen-bond acceptors (Lipinski definition) is 6. The normalized spacial score (nSPS) is 16.3. The van der Waals surface area contributed by atoms with Crippen molar-refractivity contribution in [2.24, 2.45) is 16.2 Å². The van der Waals surface area contributed by atoms with Crippen LogP contribution < -0.4 is 0 Å². The number of carbonyl (C=O) groups is 2. The molecular formula is C47H76O6S. The van der Waals surface area contributed by atoms with Gasteiger partial charge in [-0.3, -0.25) is 9.59 Å². The number of rotatable bonds is 18. The molecule has 0 aliphatic heterocycles. The average molecular weight is 769 g/mol. The van der Waals surface area contributed by atoms with Crippen LogP contribution >= 0.6 is 12.6 Å². The van der Waals surface area contributed by atoms with Gasteiger partial charge in [0.15, 0.2) is 10.3 Å². The Morgan fingerprint density at radius 3 is 1.28 bits per heavy atom. The molecule has 2 aromatic carbocycles. The number of phenols is 2. The fourth-order valence-corrected chi connectivity index (χ4v) is 8.93. The van der Waals surface area contributed by atoms with Gasteiger partial charge in [0, 0.05) is 11.8 Å². The molecule has 3 atom stereocenters. The monoisotopic (exact) mass is 769 g/mol. The first-order valence-corrected chi connectivity index (χ1v) is 20.9. The summed E-state index contributed by atoms with van der Waals surface area (Å²) < 4.78 is 6.49. The number of hydrogen-bond donors (Lipinski definition) is 4. The molecule has 0 bridgehead atoms. The maximum absolute atomic E-state index is 15.6. The summed E-state index contributed by atoms with van der Waals surface area (Å²) in [6, 6.07) is 10.2. The van der Waals surface area contributed by atoms with Crippen molar-refractivity contribution in [3.05, 3.63) is 58.7 Å². The van der Waals surface area contributed by atoms with E-state index in [1.54, 1.807) is 43.3 Å². The quantitative estimate of drug-likeness (QED) is 0.0396. The van der Waals surface area contributed by atoms with Crippen LogP contribution in [0.15, 0.2) is 36.4 Å². The lowest BCUT2D eigenvalue weighted by Gasteiger charge is -2.52. The number of carbonyl (C=O) groups excluding carboxylic acids is 1. The van der Waals surface area contributed by atoms with Gasteiger partial charge in [-0.1, -0.05) is 160 Å². The molecule has 0 aliphatic carbocycles. The number of aliphatic carboxylic acids is 1. The molecular weight excluding hydrogens is 693 g/mol. The number of esters is 1. The Kier molecular flexibility index (Phi) is 16.3. The zero-order valence-electron chi connectivity index (χ0n) is 36.4. The van der Waals surface area contributed by atoms with Crippen molar-refractivity contribution in [1.29, 1.82) is 0 Å². The average Bonchev–Trinajstić information content (AvgIpc) is 3.00. The minimum atomic E-state index is -2.19. The minimum Gasteiger partial charge on any atom is -0.508 e. The summed E-state index contributed by atoms with van der Waals surface area (Å²) in [5, 5.41) is 33.6. The summed E-state index contributed by atoms with van der Waals surface area (Å²) in [6.45, 7) is 28.1. The Hall–Kier alpha value is -2.67. The first-order chi connectivity index (χ1) is 24.6. The summed E-state index contributed by atoms with van der Waals surface area (Å²) in [4.78, 5) is 29.1. The van der Waals surface area contributed by atoms with Crippen molar-refractivity contribution < 1.29 is 29.6 Å². The molecule has 2 aromatic rings. The Morgan fingerprint density at radius 2 is 0.963 bits per heavy atom. The van der Waals surface area contributed by atoms with Crippen molar-refractivity contribution in [1.82, 2.24) is 0 Å². The van der Waals surface area contributed by atoms with Gasteiger partial charge in [0.25, 0.3) is 0 Å². The van der Waals surface area contributed by atoms with E-state index in [4.69, 9.17) is 17.4 Å². The number of carboxylic acids is 1. The number of ether oxygens (including phenoxy) is 1. The molecule has 0 heterocycles. The van der Waals surface area contributed by atoms with Crippen molar-refractivity contribution in [2.75, 3.05) is 0 Å². The van der Waals surface area contributed by atoms with E-state index >= 15 is 4.79 Å². The van der Waals surface area contributed by atoms with Gasteiger partial charge < -0.3 is 20.1 Å². The number of aromatic hydroxyl groups is 2. The number of carboxylic acid groups (broad SMARTS) is 1. The van der Waals surface area contributed by atoms with E-state index in [1.807, 2.05) is 83.1 Å². The van der Waals surface area contributed by atoms with Gasteiger partial charge in [0.1, 0.15) is 11.5 Å². The van der Waals surface area contributed by atoms with Gasteiger partial charge >= 0.3 is 11.9 Å². The van der Waals surface area contributed by atoms with Crippen LogP contribution in [0.5, 0.6) is 11.5 Å². The van der Waals surface area contributed by atoms with Crippen LogP contribution in [0.25, 0.3) is 0 Å². The van der Waals surface area contributed by atoms with E-state index in [0.717, 1.165) is 30.4 Å². The summed E-state index contributed by atoms with van der Waals surface area (Å²) >= 11 is 4.93. The molecule has 6 nitrogen and oxygen atoms in total. The summed E-state index contributed by atoms with van der Waals surface area (Å²) in [6.07, 6.45) is 12.1. The molecule has 0 fully saturated rings. The van der Waals surface area contributed by atoms with E-state index in [1.165, 1.54) is 44.9 Å². The van der Waals surface area contributed by atoms with Crippen LogP contribution in [-0.2, 0) is 25.2 Å². The molecule has 0 amide bonds. The fraction of sp³-hybridized carbons (Fsp3) is 0.702. The topological polar surface area (TPSA) is 104 Å². The standard InChI is InChI=1S/C47H76O6S/c1-15-16-17-18-19-20-21-22-23-24-29-46(14,54)53-41(52)47(40(50)51,38(44(8,9)10)34-27-25-32(48)30-36(34)42(2,3)4)39(45(11,12)13)35-28-26-33(49)31-37(35)43(5,6)7/h25-28,30-31,38-39,48-49,54H,15-24,29H2,1-14H3,(H,50,51). The third kappa shape index (κ3) is 12.2. The molecule has 0 saturated heterocycles. The van der Waals surface area contributed by atoms with E-state index < -0.39 is 55.8 Å². The van der Waals surface area contributed by atoms with Crippen molar-refractivity contribution in [3.8, 4) is 11.5 Å². The Balaban J connectivity index is 2.90. The zero-order valence-corrected chi connectivity index (χ0v) is 37.3. The first kappa shape index (κ1) is 47.5. The molecule has 0 aromatic heterocycles. The smallest absolute Gasteiger partial charge is 0.326 e. The minimum absolute atomic E-state index is 0.0696. The van der Waals surface area contributed by atoms with Crippen LogP contribution in [-0.4, -0.2) is 32.2 Å². The highest BCUT2D eigenvalue weighted by molar-refractivity contribution is 7.81. The fourth-order valence-electron chi connectivity index (χ4n) is 8.69. The van der Waals surface area contributed by atoms with Gasteiger partial charge in [0.05, 0.1) is 0 Å². The maximum Gasteiger partial charge on any atom is 0.326 e. The highest BCUT2D eigenvalue weighted by atomic mass is 32.1. The van der Waals surface area contributed by atoms with E-state index in [9.17, 15) is 20.1 Å². The molecule has 0 aliphatic rings. The number of phenolic OH excluding ortho intramolecular Hbond substituents is 2. The molecule has 0 saturated carbocycles. The summed E-state index contributed by atoms with van der Waals surface area (Å²) in [7, 11) is 0. The van der Waals surface area contributed by atoms with Gasteiger partial charge in [0.2, 0.25) is 0 Å². The van der Waals surface area contributed by atoms with Crippen LogP contribution in [0.4, 0.5) is 0 Å². The first-order valence-electron chi connectivity index (χ1n) is 20.5. The zero-order chi connectivity index (χ0) is 41.5. The highest BCUT2D eigenvalue weighted by Crippen LogP contribution is 2.63. The van der Waals surface area contributed by atoms with Crippen molar-refractivity contribution in [2.45, 2.75) is 195 Å². The Bertz CT molecular complexity index is 1450. The van der Waals surface area contributed by atoms with E-state index in [2.05, 4.69) is 6.92 Å². The van der Waals surface area contributed by atoms with Crippen LogP contribution in [0.2, 0.25) is 0 Å². The van der Waals surface area contributed by atoms with Gasteiger partial charge in [-0.15, -0.1) is 12.6 Å². The molecule has 7 heteroatoms. The second-order valence-corrected chi connectivity index (χ2v) is 21.3. The Labute approximate surface area is 334 Å². The molecule has 0 radical (unpaired) electrons. The van der Waals surface area contributed by atoms with Crippen molar-refractivity contribution in [3.63, 3.8) is 0 Å². The third-order valence-corrected chi connectivity index (χ3v) is 11.3. The lowest BCUT2D eigenvalue weighted by Crippen LogP contribution is -2.57. The lowest BCUT2D eigenvalue weighted by molar-refractivity contribution is -0.184. The second-order valence-electron chi connectivity index (χ2n) is 20.3. The van der Waals surface area contributed by atoms with Crippen LogP contribution in [0.3, 0.4) is 0 Å². The van der Waals surface area contributed by atoms with E-state index in [-0.39, 0.29) is 11.5 Å². The van der Waals surface area contributed by atoms with Gasteiger partial charge in [-0.2, -0.15) is 0 Å². The largest absolute Gasteiger partial charge is 0.508 e. The van der Waals surface area contributed by atoms with Crippen LogP contribution in [0, 0.1) is 16.2 Å². The molecule has 2 rings (SSSR count). The number of thiol groups is 1. The molecule has 3 unspecified atom stereocenters. The number of unbranched alkanes of at least 4 members (excludes halogenated alkanes) is 9. The van der Waals surface area contributed by atoms with E-state index in [0.29, 0.717) is 17.5 Å². The highest BCUT2D eigenvalue weighted by Gasteiger charge is 2.66.